The first-order valence-corrected chi connectivity index (χ1v) is 38.7. The highest BCUT2D eigenvalue weighted by molar-refractivity contribution is 7.47. The van der Waals surface area contributed by atoms with Crippen LogP contribution >= 0.6 is 7.82 Å². The third kappa shape index (κ3) is 69.7. The van der Waals surface area contributed by atoms with Gasteiger partial charge in [0.05, 0.1) is 13.2 Å². The van der Waals surface area contributed by atoms with E-state index in [9.17, 15) is 19.0 Å². The fourth-order valence-corrected chi connectivity index (χ4v) is 12.4. The zero-order valence-corrected chi connectivity index (χ0v) is 56.6. The van der Waals surface area contributed by atoms with Gasteiger partial charge in [-0.1, -0.05) is 373 Å². The Morgan fingerprint density at radius 2 is 0.590 bits per heavy atom. The van der Waals surface area contributed by atoms with Crippen LogP contribution in [0.25, 0.3) is 0 Å². The van der Waals surface area contributed by atoms with Crippen molar-refractivity contribution in [2.75, 3.05) is 26.4 Å². The molecule has 0 saturated heterocycles. The van der Waals surface area contributed by atoms with Gasteiger partial charge in [-0.2, -0.15) is 0 Å². The minimum absolute atomic E-state index is 0.0581. The molecule has 0 amide bonds. The van der Waals surface area contributed by atoms with Gasteiger partial charge < -0.3 is 20.1 Å². The second-order valence-corrected chi connectivity index (χ2v) is 27.0. The summed E-state index contributed by atoms with van der Waals surface area (Å²) in [7, 11) is -4.39. The summed E-state index contributed by atoms with van der Waals surface area (Å²) in [6, 6.07) is 0. The average Bonchev–Trinajstić information content (AvgIpc) is 3.48. The summed E-state index contributed by atoms with van der Waals surface area (Å²) in [5, 5.41) is 0. The summed E-state index contributed by atoms with van der Waals surface area (Å²) in [5.41, 5.74) is 5.41. The normalized spacial score (nSPS) is 12.9. The predicted octanol–water partition coefficient (Wildman–Crippen LogP) is 24.3. The molecule has 10 heteroatoms. The SMILES string of the molecule is CCCCCCCCCC/C=C\CCCCCCCCCCCCCCCCCCCCCCCCCC(=O)OC(COC(=O)CCCCCCCCCCCCCCCCCCCCCCCCCCCCC)COP(=O)(O)OCCN. The fraction of sp³-hybridized carbons (Fsp3) is 0.945. The van der Waals surface area contributed by atoms with Gasteiger partial charge in [-0.3, -0.25) is 18.6 Å². The molecule has 494 valence electrons. The van der Waals surface area contributed by atoms with Crippen LogP contribution in [-0.4, -0.2) is 49.3 Å². The van der Waals surface area contributed by atoms with Gasteiger partial charge in [-0.25, -0.2) is 4.57 Å². The van der Waals surface area contributed by atoms with Crippen LogP contribution in [0.15, 0.2) is 12.2 Å². The highest BCUT2D eigenvalue weighted by Gasteiger charge is 2.26. The summed E-state index contributed by atoms with van der Waals surface area (Å²) in [6.07, 6.45) is 84.8. The number of hydrogen-bond acceptors (Lipinski definition) is 8. The van der Waals surface area contributed by atoms with E-state index in [0.717, 1.165) is 32.1 Å². The summed E-state index contributed by atoms with van der Waals surface area (Å²) >= 11 is 0. The number of rotatable bonds is 72. The maximum Gasteiger partial charge on any atom is 0.472 e. The molecule has 0 saturated carbocycles. The molecule has 0 aliphatic rings. The minimum Gasteiger partial charge on any atom is -0.462 e. The summed E-state index contributed by atoms with van der Waals surface area (Å²) < 4.78 is 33.2. The molecule has 0 heterocycles. The lowest BCUT2D eigenvalue weighted by molar-refractivity contribution is -0.161. The standard InChI is InChI=1S/C73H144NO8P/c1-3-5-7-9-11-13-15-17-19-21-23-25-27-29-31-32-33-34-35-36-37-38-40-42-44-46-48-50-52-54-56-58-60-62-64-66-73(76)82-71(70-81-83(77,78)80-68-67-74)69-79-72(75)65-63-61-59-57-55-53-51-49-47-45-43-41-39-30-28-26-24-22-20-18-16-14-12-10-8-6-4-2/h21,23,71H,3-20,22,24-70,74H2,1-2H3,(H,77,78)/b23-21-. The maximum absolute atomic E-state index is 12.8. The number of esters is 2. The number of allylic oxidation sites excluding steroid dienone is 2. The van der Waals surface area contributed by atoms with Gasteiger partial charge in [0.1, 0.15) is 6.61 Å². The lowest BCUT2D eigenvalue weighted by atomic mass is 10.0. The summed E-state index contributed by atoms with van der Waals surface area (Å²) in [5.74, 6) is -0.798. The van der Waals surface area contributed by atoms with Crippen molar-refractivity contribution in [3.05, 3.63) is 12.2 Å². The van der Waals surface area contributed by atoms with E-state index in [1.165, 1.54) is 347 Å². The first-order valence-electron chi connectivity index (χ1n) is 37.2. The van der Waals surface area contributed by atoms with E-state index < -0.39 is 26.5 Å². The van der Waals surface area contributed by atoms with Crippen molar-refractivity contribution < 1.29 is 37.6 Å². The number of phosphoric ester groups is 1. The highest BCUT2D eigenvalue weighted by atomic mass is 31.2. The Morgan fingerprint density at radius 1 is 0.349 bits per heavy atom. The van der Waals surface area contributed by atoms with Crippen LogP contribution in [0, 0.1) is 0 Å². The van der Waals surface area contributed by atoms with Crippen molar-refractivity contribution in [1.29, 1.82) is 0 Å². The largest absolute Gasteiger partial charge is 0.472 e. The van der Waals surface area contributed by atoms with Crippen LogP contribution < -0.4 is 5.73 Å². The molecule has 0 aliphatic heterocycles. The lowest BCUT2D eigenvalue weighted by Crippen LogP contribution is -2.29. The zero-order valence-electron chi connectivity index (χ0n) is 55.7. The summed E-state index contributed by atoms with van der Waals surface area (Å²) in [6.45, 7) is 3.84. The molecule has 0 aliphatic carbocycles. The molecule has 83 heavy (non-hydrogen) atoms. The molecule has 2 unspecified atom stereocenters. The van der Waals surface area contributed by atoms with Gasteiger partial charge in [0.2, 0.25) is 0 Å². The van der Waals surface area contributed by atoms with E-state index >= 15 is 0 Å². The Bertz CT molecular complexity index is 1360. The van der Waals surface area contributed by atoms with Gasteiger partial charge in [0, 0.05) is 19.4 Å². The van der Waals surface area contributed by atoms with E-state index in [4.69, 9.17) is 24.3 Å². The Morgan fingerprint density at radius 3 is 0.855 bits per heavy atom. The van der Waals surface area contributed by atoms with Crippen molar-refractivity contribution in [3.8, 4) is 0 Å². The zero-order chi connectivity index (χ0) is 60.1. The van der Waals surface area contributed by atoms with Crippen LogP contribution in [0.2, 0.25) is 0 Å². The molecule has 0 radical (unpaired) electrons. The third-order valence-corrected chi connectivity index (χ3v) is 18.1. The number of nitrogens with two attached hydrogens (primary N) is 1. The van der Waals surface area contributed by atoms with E-state index in [1.807, 2.05) is 0 Å². The molecule has 0 aromatic carbocycles. The van der Waals surface area contributed by atoms with E-state index in [1.54, 1.807) is 0 Å². The first-order chi connectivity index (χ1) is 40.8. The molecule has 3 N–H and O–H groups in total. The van der Waals surface area contributed by atoms with Crippen LogP contribution in [0.5, 0.6) is 0 Å². The van der Waals surface area contributed by atoms with Crippen molar-refractivity contribution in [2.45, 2.75) is 418 Å². The smallest absolute Gasteiger partial charge is 0.462 e. The topological polar surface area (TPSA) is 134 Å². The van der Waals surface area contributed by atoms with Crippen LogP contribution in [0.4, 0.5) is 0 Å². The van der Waals surface area contributed by atoms with Crippen molar-refractivity contribution in [2.24, 2.45) is 5.73 Å². The molecule has 2 atom stereocenters. The maximum atomic E-state index is 12.8. The number of hydrogen-bond donors (Lipinski definition) is 2. The number of carbonyl (C=O) groups is 2. The van der Waals surface area contributed by atoms with Crippen molar-refractivity contribution in [3.63, 3.8) is 0 Å². The van der Waals surface area contributed by atoms with Gasteiger partial charge in [0.25, 0.3) is 0 Å². The summed E-state index contributed by atoms with van der Waals surface area (Å²) in [4.78, 5) is 35.4. The monoisotopic (exact) mass is 1190 g/mol. The Balaban J connectivity index is 3.77. The number of phosphoric acid groups is 1. The van der Waals surface area contributed by atoms with Gasteiger partial charge in [-0.05, 0) is 38.5 Å². The Hall–Kier alpha value is -1.25. The molecular weight excluding hydrogens is 1050 g/mol. The minimum atomic E-state index is -4.39. The molecule has 0 aromatic rings. The van der Waals surface area contributed by atoms with Gasteiger partial charge in [0.15, 0.2) is 6.10 Å². The van der Waals surface area contributed by atoms with Crippen LogP contribution in [0.3, 0.4) is 0 Å². The van der Waals surface area contributed by atoms with E-state index in [-0.39, 0.29) is 38.6 Å². The fourth-order valence-electron chi connectivity index (χ4n) is 11.6. The Kier molecular flexibility index (Phi) is 68.8. The third-order valence-electron chi connectivity index (χ3n) is 17.2. The van der Waals surface area contributed by atoms with Crippen molar-refractivity contribution in [1.82, 2.24) is 0 Å². The molecule has 0 rings (SSSR count). The quantitative estimate of drug-likeness (QED) is 0.0264. The van der Waals surface area contributed by atoms with E-state index in [2.05, 4.69) is 26.0 Å². The Labute approximate surface area is 517 Å². The molecule has 0 spiro atoms. The average molecular weight is 1190 g/mol. The van der Waals surface area contributed by atoms with Gasteiger partial charge in [-0.15, -0.1) is 0 Å². The molecule has 0 aromatic heterocycles. The first kappa shape index (κ1) is 81.8. The second-order valence-electron chi connectivity index (χ2n) is 25.5. The predicted molar refractivity (Wildman–Crippen MR) is 358 cm³/mol. The van der Waals surface area contributed by atoms with Crippen molar-refractivity contribution >= 4 is 19.8 Å². The number of unbranched alkanes of at least 4 members (excludes halogenated alkanes) is 57. The molecular formula is C73H144NO8P. The van der Waals surface area contributed by atoms with E-state index in [0.29, 0.717) is 6.42 Å². The van der Waals surface area contributed by atoms with Gasteiger partial charge >= 0.3 is 19.8 Å². The van der Waals surface area contributed by atoms with Crippen LogP contribution in [-0.2, 0) is 32.7 Å². The highest BCUT2D eigenvalue weighted by Crippen LogP contribution is 2.43. The molecule has 9 nitrogen and oxygen atoms in total. The number of carbonyl (C=O) groups excluding carboxylic acids is 2. The second kappa shape index (κ2) is 69.8. The molecule has 0 bridgehead atoms. The molecule has 0 fully saturated rings. The van der Waals surface area contributed by atoms with Crippen LogP contribution in [0.1, 0.15) is 412 Å². The number of ether oxygens (including phenoxy) is 2. The lowest BCUT2D eigenvalue weighted by Gasteiger charge is -2.19.